The molecule has 1 N–H and O–H groups in total. The number of piperidine rings is 1. The molecule has 0 aliphatic carbocycles. The number of hydrogen-bond donors (Lipinski definition) is 1. The van der Waals surface area contributed by atoms with Crippen LogP contribution in [0.1, 0.15) is 53.0 Å². The summed E-state index contributed by atoms with van der Waals surface area (Å²) in [5, 5.41) is 2.70. The van der Waals surface area contributed by atoms with Gasteiger partial charge in [0.15, 0.2) is 0 Å². The zero-order valence-electron chi connectivity index (χ0n) is 20.8. The molecule has 1 aromatic rings. The second-order valence-electron chi connectivity index (χ2n) is 10.2. The third kappa shape index (κ3) is 7.18. The van der Waals surface area contributed by atoms with Crippen LogP contribution in [0.4, 0.5) is 23.9 Å². The smallest absolute Gasteiger partial charge is 0.419 e. The zero-order valence-corrected chi connectivity index (χ0v) is 20.8. The number of nitrogens with one attached hydrogen (secondary N) is 1. The maximum Gasteiger partial charge on any atom is 0.419 e. The van der Waals surface area contributed by atoms with Gasteiger partial charge >= 0.3 is 12.3 Å². The Labute approximate surface area is 203 Å². The first-order valence-corrected chi connectivity index (χ1v) is 11.8. The van der Waals surface area contributed by atoms with E-state index in [-0.39, 0.29) is 36.5 Å². The maximum absolute atomic E-state index is 13.0. The number of alkyl halides is 3. The van der Waals surface area contributed by atoms with Gasteiger partial charge in [0.05, 0.1) is 18.2 Å². The Morgan fingerprint density at radius 3 is 2.43 bits per heavy atom. The van der Waals surface area contributed by atoms with Gasteiger partial charge in [-0.05, 0) is 40.0 Å². The summed E-state index contributed by atoms with van der Waals surface area (Å²) in [6.45, 7) is 10.9. The number of nitrogens with zero attached hydrogens (tertiary/aromatic N) is 4. The summed E-state index contributed by atoms with van der Waals surface area (Å²) in [6.07, 6.45) is -2.77. The van der Waals surface area contributed by atoms with Crippen LogP contribution in [0.5, 0.6) is 0 Å². The molecule has 1 aromatic heterocycles. The maximum atomic E-state index is 13.0. The van der Waals surface area contributed by atoms with E-state index in [1.54, 1.807) is 27.7 Å². The van der Waals surface area contributed by atoms with Crippen LogP contribution >= 0.6 is 0 Å². The van der Waals surface area contributed by atoms with E-state index in [0.717, 1.165) is 12.4 Å². The van der Waals surface area contributed by atoms with Crippen LogP contribution in [0.25, 0.3) is 0 Å². The Bertz CT molecular complexity index is 891. The van der Waals surface area contributed by atoms with Crippen LogP contribution in [0.3, 0.4) is 0 Å². The molecule has 196 valence electrons. The monoisotopic (exact) mass is 501 g/mol. The Hall–Kier alpha value is -2.63. The molecule has 2 aliphatic rings. The zero-order chi connectivity index (χ0) is 26.0. The van der Waals surface area contributed by atoms with Crippen molar-refractivity contribution in [2.75, 3.05) is 31.1 Å². The summed E-state index contributed by atoms with van der Waals surface area (Å²) in [7, 11) is 0. The van der Waals surface area contributed by atoms with Crippen molar-refractivity contribution in [2.45, 2.75) is 77.4 Å². The van der Waals surface area contributed by atoms with E-state index in [9.17, 15) is 22.8 Å². The highest BCUT2D eigenvalue weighted by Crippen LogP contribution is 2.31. The van der Waals surface area contributed by atoms with E-state index >= 15 is 0 Å². The van der Waals surface area contributed by atoms with E-state index in [1.807, 2.05) is 16.7 Å². The molecule has 4 atom stereocenters. The first-order chi connectivity index (χ1) is 16.2. The fourth-order valence-electron chi connectivity index (χ4n) is 4.38. The molecule has 12 heteroatoms. The SMILES string of the molecule is C[C@@H]1CN(c2ncc(C(F)(F)F)cn2)CC[C@H]1N1CC[C@@H](OC[C@H](C)NC(=O)OC(C)(C)C)C1=O. The molecule has 0 unspecified atom stereocenters. The number of alkyl carbamates (subject to hydrolysis) is 1. The number of carbonyl (C=O) groups is 2. The van der Waals surface area contributed by atoms with Crippen molar-refractivity contribution in [2.24, 2.45) is 5.92 Å². The summed E-state index contributed by atoms with van der Waals surface area (Å²) < 4.78 is 49.3. The molecule has 3 heterocycles. The lowest BCUT2D eigenvalue weighted by molar-refractivity contribution is -0.140. The van der Waals surface area contributed by atoms with Crippen molar-refractivity contribution in [3.05, 3.63) is 18.0 Å². The second-order valence-corrected chi connectivity index (χ2v) is 10.2. The fraction of sp³-hybridized carbons (Fsp3) is 0.739. The average Bonchev–Trinajstić information content (AvgIpc) is 3.10. The lowest BCUT2D eigenvalue weighted by atomic mass is 9.92. The molecule has 35 heavy (non-hydrogen) atoms. The summed E-state index contributed by atoms with van der Waals surface area (Å²) in [6, 6.07) is -0.322. The molecule has 2 aliphatic heterocycles. The van der Waals surface area contributed by atoms with E-state index in [2.05, 4.69) is 15.3 Å². The third-order valence-electron chi connectivity index (χ3n) is 6.01. The minimum atomic E-state index is -4.48. The second kappa shape index (κ2) is 10.5. The highest BCUT2D eigenvalue weighted by atomic mass is 19.4. The molecular formula is C23H34F3N5O4. The molecule has 0 saturated carbocycles. The van der Waals surface area contributed by atoms with Gasteiger partial charge in [-0.25, -0.2) is 14.8 Å². The highest BCUT2D eigenvalue weighted by Gasteiger charge is 2.41. The van der Waals surface area contributed by atoms with Crippen LogP contribution in [-0.4, -0.2) is 76.9 Å². The Kier molecular flexibility index (Phi) is 8.13. The predicted molar refractivity (Wildman–Crippen MR) is 122 cm³/mol. The van der Waals surface area contributed by atoms with Crippen molar-refractivity contribution in [1.29, 1.82) is 0 Å². The topological polar surface area (TPSA) is 96.9 Å². The van der Waals surface area contributed by atoms with E-state index in [1.165, 1.54) is 0 Å². The summed E-state index contributed by atoms with van der Waals surface area (Å²) >= 11 is 0. The van der Waals surface area contributed by atoms with Crippen molar-refractivity contribution in [3.63, 3.8) is 0 Å². The largest absolute Gasteiger partial charge is 0.444 e. The lowest BCUT2D eigenvalue weighted by Gasteiger charge is -2.41. The normalized spacial score (nSPS) is 24.5. The number of carbonyl (C=O) groups excluding carboxylic acids is 2. The Morgan fingerprint density at radius 1 is 1.20 bits per heavy atom. The van der Waals surface area contributed by atoms with Crippen molar-refractivity contribution in [3.8, 4) is 0 Å². The van der Waals surface area contributed by atoms with Crippen LogP contribution in [0.2, 0.25) is 0 Å². The van der Waals surface area contributed by atoms with Gasteiger partial charge in [0, 0.05) is 44.5 Å². The van der Waals surface area contributed by atoms with Crippen molar-refractivity contribution >= 4 is 17.9 Å². The van der Waals surface area contributed by atoms with Gasteiger partial charge in [0.25, 0.3) is 5.91 Å². The van der Waals surface area contributed by atoms with Gasteiger partial charge in [-0.1, -0.05) is 6.92 Å². The van der Waals surface area contributed by atoms with Crippen molar-refractivity contribution in [1.82, 2.24) is 20.2 Å². The standard InChI is InChI=1S/C23H34F3N5O4/c1-14-12-30(20-27-10-16(11-28-20)23(24,25)26)8-6-17(14)31-9-7-18(19(31)32)34-13-15(2)29-21(33)35-22(3,4)5/h10-11,14-15,17-18H,6-9,12-13H2,1-5H3,(H,29,33)/t14-,15+,17-,18-/m1/s1. The summed E-state index contributed by atoms with van der Waals surface area (Å²) in [5.41, 5.74) is -1.48. The van der Waals surface area contributed by atoms with E-state index < -0.39 is 29.5 Å². The molecule has 3 rings (SSSR count). The van der Waals surface area contributed by atoms with Gasteiger partial charge in [-0.3, -0.25) is 4.79 Å². The molecule has 0 spiro atoms. The van der Waals surface area contributed by atoms with Crippen LogP contribution in [-0.2, 0) is 20.4 Å². The number of halogens is 3. The Balaban J connectivity index is 1.48. The van der Waals surface area contributed by atoms with E-state index in [0.29, 0.717) is 32.5 Å². The first kappa shape index (κ1) is 27.0. The number of amides is 2. The molecule has 0 radical (unpaired) electrons. The minimum absolute atomic E-state index is 0.000824. The molecule has 2 fully saturated rings. The summed E-state index contributed by atoms with van der Waals surface area (Å²) in [5.74, 6) is 0.249. The van der Waals surface area contributed by atoms with Gasteiger partial charge in [-0.2, -0.15) is 13.2 Å². The highest BCUT2D eigenvalue weighted by molar-refractivity contribution is 5.83. The van der Waals surface area contributed by atoms with Gasteiger partial charge in [-0.15, -0.1) is 0 Å². The predicted octanol–water partition coefficient (Wildman–Crippen LogP) is 3.24. The molecular weight excluding hydrogens is 467 g/mol. The van der Waals surface area contributed by atoms with Crippen LogP contribution in [0, 0.1) is 5.92 Å². The summed E-state index contributed by atoms with van der Waals surface area (Å²) in [4.78, 5) is 36.4. The molecule has 0 bridgehead atoms. The van der Waals surface area contributed by atoms with Gasteiger partial charge < -0.3 is 24.6 Å². The molecule has 9 nitrogen and oxygen atoms in total. The number of ether oxygens (including phenoxy) is 2. The number of rotatable bonds is 6. The number of anilines is 1. The van der Waals surface area contributed by atoms with E-state index in [4.69, 9.17) is 9.47 Å². The Morgan fingerprint density at radius 2 is 1.86 bits per heavy atom. The minimum Gasteiger partial charge on any atom is -0.444 e. The van der Waals surface area contributed by atoms with Gasteiger partial charge in [0.1, 0.15) is 11.7 Å². The molecule has 2 amide bonds. The van der Waals surface area contributed by atoms with Gasteiger partial charge in [0.2, 0.25) is 5.95 Å². The van der Waals surface area contributed by atoms with Crippen LogP contribution < -0.4 is 10.2 Å². The number of hydrogen-bond acceptors (Lipinski definition) is 7. The number of likely N-dealkylation sites (tertiary alicyclic amines) is 1. The van der Waals surface area contributed by atoms with Crippen LogP contribution in [0.15, 0.2) is 12.4 Å². The third-order valence-corrected chi connectivity index (χ3v) is 6.01. The first-order valence-electron chi connectivity index (χ1n) is 11.8. The number of aromatic nitrogens is 2. The van der Waals surface area contributed by atoms with Crippen molar-refractivity contribution < 1.29 is 32.2 Å². The lowest BCUT2D eigenvalue weighted by Crippen LogP contribution is -2.52. The molecule has 2 saturated heterocycles. The average molecular weight is 502 g/mol. The fourth-order valence-corrected chi connectivity index (χ4v) is 4.38. The quantitative estimate of drug-likeness (QED) is 0.639. The molecule has 0 aromatic carbocycles.